The van der Waals surface area contributed by atoms with Crippen molar-refractivity contribution in [2.45, 2.75) is 44.6 Å². The SMILES string of the molecule is COCCCCCNC(=O)C1CCC(N)C1. The molecule has 3 N–H and O–H groups in total. The Morgan fingerprint density at radius 1 is 1.38 bits per heavy atom. The molecule has 1 saturated carbocycles. The third kappa shape index (κ3) is 4.94. The van der Waals surface area contributed by atoms with Gasteiger partial charge < -0.3 is 15.8 Å². The Labute approximate surface area is 97.9 Å². The zero-order valence-corrected chi connectivity index (χ0v) is 10.2. The first kappa shape index (κ1) is 13.5. The molecule has 0 aliphatic heterocycles. The number of hydrogen-bond acceptors (Lipinski definition) is 3. The van der Waals surface area contributed by atoms with E-state index in [0.717, 1.165) is 51.7 Å². The predicted molar refractivity (Wildman–Crippen MR) is 64.1 cm³/mol. The maximum absolute atomic E-state index is 11.7. The van der Waals surface area contributed by atoms with Gasteiger partial charge in [-0.25, -0.2) is 0 Å². The van der Waals surface area contributed by atoms with Crippen LogP contribution in [-0.4, -0.2) is 32.2 Å². The summed E-state index contributed by atoms with van der Waals surface area (Å²) in [5.41, 5.74) is 5.78. The molecule has 0 spiro atoms. The Hall–Kier alpha value is -0.610. The van der Waals surface area contributed by atoms with Crippen molar-refractivity contribution in [2.75, 3.05) is 20.3 Å². The standard InChI is InChI=1S/C12H24N2O2/c1-16-8-4-2-3-7-14-12(15)10-5-6-11(13)9-10/h10-11H,2-9,13H2,1H3,(H,14,15). The summed E-state index contributed by atoms with van der Waals surface area (Å²) in [6.07, 6.45) is 6.02. The summed E-state index contributed by atoms with van der Waals surface area (Å²) >= 11 is 0. The first-order valence-corrected chi connectivity index (χ1v) is 6.26. The third-order valence-electron chi connectivity index (χ3n) is 3.17. The average molecular weight is 228 g/mol. The first-order valence-electron chi connectivity index (χ1n) is 6.26. The van der Waals surface area contributed by atoms with Crippen LogP contribution >= 0.6 is 0 Å². The molecule has 1 rings (SSSR count). The van der Waals surface area contributed by atoms with Crippen molar-refractivity contribution in [2.24, 2.45) is 11.7 Å². The number of hydrogen-bond donors (Lipinski definition) is 2. The predicted octanol–water partition coefficient (Wildman–Crippen LogP) is 1.05. The van der Waals surface area contributed by atoms with E-state index in [2.05, 4.69) is 5.32 Å². The van der Waals surface area contributed by atoms with Gasteiger partial charge in [0, 0.05) is 32.2 Å². The second-order valence-electron chi connectivity index (χ2n) is 4.61. The van der Waals surface area contributed by atoms with Crippen molar-refractivity contribution in [1.29, 1.82) is 0 Å². The van der Waals surface area contributed by atoms with E-state index in [1.165, 1.54) is 0 Å². The van der Waals surface area contributed by atoms with Crippen molar-refractivity contribution >= 4 is 5.91 Å². The highest BCUT2D eigenvalue weighted by molar-refractivity contribution is 5.78. The fourth-order valence-electron chi connectivity index (χ4n) is 2.16. The summed E-state index contributed by atoms with van der Waals surface area (Å²) in [5.74, 6) is 0.355. The molecule has 4 heteroatoms. The number of nitrogens with one attached hydrogen (secondary N) is 1. The van der Waals surface area contributed by atoms with Crippen LogP contribution in [0.4, 0.5) is 0 Å². The lowest BCUT2D eigenvalue weighted by atomic mass is 10.1. The molecule has 1 fully saturated rings. The average Bonchev–Trinajstić information content (AvgIpc) is 2.70. The molecule has 0 aromatic heterocycles. The minimum Gasteiger partial charge on any atom is -0.385 e. The smallest absolute Gasteiger partial charge is 0.223 e. The van der Waals surface area contributed by atoms with E-state index in [1.807, 2.05) is 0 Å². The molecule has 94 valence electrons. The van der Waals surface area contributed by atoms with Gasteiger partial charge in [0.05, 0.1) is 0 Å². The molecule has 2 unspecified atom stereocenters. The number of carbonyl (C=O) groups excluding carboxylic acids is 1. The highest BCUT2D eigenvalue weighted by Gasteiger charge is 2.27. The van der Waals surface area contributed by atoms with E-state index in [0.29, 0.717) is 0 Å². The Kier molecular flexibility index (Phi) is 6.42. The van der Waals surface area contributed by atoms with Crippen molar-refractivity contribution in [3.05, 3.63) is 0 Å². The van der Waals surface area contributed by atoms with Crippen LogP contribution in [0.5, 0.6) is 0 Å². The lowest BCUT2D eigenvalue weighted by Crippen LogP contribution is -2.31. The Morgan fingerprint density at radius 3 is 2.81 bits per heavy atom. The molecule has 0 saturated heterocycles. The fourth-order valence-corrected chi connectivity index (χ4v) is 2.16. The quantitative estimate of drug-likeness (QED) is 0.640. The molecule has 1 amide bonds. The maximum Gasteiger partial charge on any atom is 0.223 e. The van der Waals surface area contributed by atoms with Crippen LogP contribution in [0.25, 0.3) is 0 Å². The summed E-state index contributed by atoms with van der Waals surface area (Å²) in [5, 5.41) is 2.99. The van der Waals surface area contributed by atoms with Gasteiger partial charge in [-0.15, -0.1) is 0 Å². The molecular formula is C12H24N2O2. The molecule has 0 aromatic carbocycles. The molecule has 1 aliphatic rings. The van der Waals surface area contributed by atoms with Gasteiger partial charge in [-0.1, -0.05) is 0 Å². The van der Waals surface area contributed by atoms with Gasteiger partial charge in [0.25, 0.3) is 0 Å². The highest BCUT2D eigenvalue weighted by Crippen LogP contribution is 2.23. The Balaban J connectivity index is 1.98. The van der Waals surface area contributed by atoms with Crippen LogP contribution in [0, 0.1) is 5.92 Å². The number of nitrogens with two attached hydrogens (primary N) is 1. The van der Waals surface area contributed by atoms with Gasteiger partial charge in [0.1, 0.15) is 0 Å². The van der Waals surface area contributed by atoms with Gasteiger partial charge in [0.2, 0.25) is 5.91 Å². The minimum atomic E-state index is 0.161. The Bertz CT molecular complexity index is 209. The number of carbonyl (C=O) groups is 1. The zero-order chi connectivity index (χ0) is 11.8. The van der Waals surface area contributed by atoms with Gasteiger partial charge in [0.15, 0.2) is 0 Å². The highest BCUT2D eigenvalue weighted by atomic mass is 16.5. The van der Waals surface area contributed by atoms with Crippen molar-refractivity contribution in [3.63, 3.8) is 0 Å². The third-order valence-corrected chi connectivity index (χ3v) is 3.17. The zero-order valence-electron chi connectivity index (χ0n) is 10.2. The number of unbranched alkanes of at least 4 members (excludes halogenated alkanes) is 2. The monoisotopic (exact) mass is 228 g/mol. The maximum atomic E-state index is 11.7. The molecule has 16 heavy (non-hydrogen) atoms. The van der Waals surface area contributed by atoms with E-state index < -0.39 is 0 Å². The van der Waals surface area contributed by atoms with E-state index in [1.54, 1.807) is 7.11 Å². The lowest BCUT2D eigenvalue weighted by molar-refractivity contribution is -0.124. The van der Waals surface area contributed by atoms with E-state index in [9.17, 15) is 4.79 Å². The van der Waals surface area contributed by atoms with Crippen molar-refractivity contribution < 1.29 is 9.53 Å². The van der Waals surface area contributed by atoms with E-state index >= 15 is 0 Å². The molecular weight excluding hydrogens is 204 g/mol. The number of ether oxygens (including phenoxy) is 1. The lowest BCUT2D eigenvalue weighted by Gasteiger charge is -2.10. The van der Waals surface area contributed by atoms with Gasteiger partial charge in [-0.05, 0) is 38.5 Å². The second-order valence-corrected chi connectivity index (χ2v) is 4.61. The summed E-state index contributed by atoms with van der Waals surface area (Å²) in [4.78, 5) is 11.7. The van der Waals surface area contributed by atoms with Crippen LogP contribution < -0.4 is 11.1 Å². The second kappa shape index (κ2) is 7.63. The number of rotatable bonds is 7. The summed E-state index contributed by atoms with van der Waals surface area (Å²) in [6.45, 7) is 1.60. The van der Waals surface area contributed by atoms with Crippen LogP contribution in [0.1, 0.15) is 38.5 Å². The summed E-state index contributed by atoms with van der Waals surface area (Å²) < 4.78 is 4.96. The fraction of sp³-hybridized carbons (Fsp3) is 0.917. The first-order chi connectivity index (χ1) is 7.74. The van der Waals surface area contributed by atoms with Crippen LogP contribution in [-0.2, 0) is 9.53 Å². The number of methoxy groups -OCH3 is 1. The topological polar surface area (TPSA) is 64.3 Å². The number of amides is 1. The van der Waals surface area contributed by atoms with E-state index in [-0.39, 0.29) is 17.9 Å². The van der Waals surface area contributed by atoms with Crippen molar-refractivity contribution in [1.82, 2.24) is 5.32 Å². The summed E-state index contributed by atoms with van der Waals surface area (Å²) in [7, 11) is 1.71. The molecule has 1 aliphatic carbocycles. The van der Waals surface area contributed by atoms with Crippen LogP contribution in [0.15, 0.2) is 0 Å². The van der Waals surface area contributed by atoms with Crippen LogP contribution in [0.2, 0.25) is 0 Å². The normalized spacial score (nSPS) is 24.6. The minimum absolute atomic E-state index is 0.161. The largest absolute Gasteiger partial charge is 0.385 e. The molecule has 2 atom stereocenters. The summed E-state index contributed by atoms with van der Waals surface area (Å²) in [6, 6.07) is 0.234. The van der Waals surface area contributed by atoms with Gasteiger partial charge >= 0.3 is 0 Å². The van der Waals surface area contributed by atoms with Gasteiger partial charge in [-0.3, -0.25) is 4.79 Å². The molecule has 0 radical (unpaired) electrons. The van der Waals surface area contributed by atoms with Crippen LogP contribution in [0.3, 0.4) is 0 Å². The molecule has 0 aromatic rings. The van der Waals surface area contributed by atoms with E-state index in [4.69, 9.17) is 10.5 Å². The molecule has 0 bridgehead atoms. The Morgan fingerprint density at radius 2 is 2.19 bits per heavy atom. The van der Waals surface area contributed by atoms with Crippen molar-refractivity contribution in [3.8, 4) is 0 Å². The van der Waals surface area contributed by atoms with Gasteiger partial charge in [-0.2, -0.15) is 0 Å². The molecule has 4 nitrogen and oxygen atoms in total. The molecule has 0 heterocycles.